The highest BCUT2D eigenvalue weighted by atomic mass is 32.1. The number of hydrogen-bond acceptors (Lipinski definition) is 3. The maximum Gasteiger partial charge on any atom is 0.338 e. The number of nitrogens with two attached hydrogens (primary N) is 1. The van der Waals surface area contributed by atoms with Crippen LogP contribution in [0.25, 0.3) is 0 Å². The molecular weight excluding hydrogens is 240 g/mol. The van der Waals surface area contributed by atoms with Crippen molar-refractivity contribution in [2.24, 2.45) is 5.73 Å². The van der Waals surface area contributed by atoms with Crippen molar-refractivity contribution in [3.05, 3.63) is 42.0 Å². The van der Waals surface area contributed by atoms with Crippen LogP contribution in [0.3, 0.4) is 0 Å². The van der Waals surface area contributed by atoms with Gasteiger partial charge in [0.2, 0.25) is 5.91 Å². The lowest BCUT2D eigenvalue weighted by molar-refractivity contribution is -0.132. The number of carbonyl (C=O) groups excluding carboxylic acids is 1. The van der Waals surface area contributed by atoms with Crippen LogP contribution >= 0.6 is 12.2 Å². The summed E-state index contributed by atoms with van der Waals surface area (Å²) in [6.07, 6.45) is 0.778. The fraction of sp³-hybridized carbons (Fsp3) is 0. The van der Waals surface area contributed by atoms with Crippen LogP contribution in [-0.4, -0.2) is 22.0 Å². The first-order valence-corrected chi connectivity index (χ1v) is 5.02. The van der Waals surface area contributed by atoms with E-state index >= 15 is 0 Å². The molecule has 0 saturated heterocycles. The topological polar surface area (TPSA) is 92.4 Å². The quantitative estimate of drug-likeness (QED) is 0.546. The van der Waals surface area contributed by atoms with Crippen molar-refractivity contribution in [3.8, 4) is 0 Å². The Morgan fingerprint density at radius 1 is 1.29 bits per heavy atom. The Morgan fingerprint density at radius 3 is 2.35 bits per heavy atom. The third kappa shape index (κ3) is 4.04. The van der Waals surface area contributed by atoms with Crippen LogP contribution < -0.4 is 11.1 Å². The number of amides is 1. The molecule has 1 aromatic rings. The van der Waals surface area contributed by atoms with Crippen LogP contribution in [-0.2, 0) is 9.59 Å². The summed E-state index contributed by atoms with van der Waals surface area (Å²) in [5, 5.41) is 11.6. The second-order valence-corrected chi connectivity index (χ2v) is 3.49. The number of para-hydroxylation sites is 1. The molecule has 6 heteroatoms. The average molecular weight is 250 g/mol. The Kier molecular flexibility index (Phi) is 4.36. The second kappa shape index (κ2) is 5.76. The van der Waals surface area contributed by atoms with Gasteiger partial charge in [-0.1, -0.05) is 30.4 Å². The van der Waals surface area contributed by atoms with Crippen molar-refractivity contribution in [3.63, 3.8) is 0 Å². The number of nitrogens with one attached hydrogen (secondary N) is 1. The van der Waals surface area contributed by atoms with Crippen molar-refractivity contribution in [1.82, 2.24) is 0 Å². The molecule has 0 heterocycles. The van der Waals surface area contributed by atoms with Crippen molar-refractivity contribution in [2.75, 3.05) is 5.32 Å². The van der Waals surface area contributed by atoms with E-state index in [4.69, 9.17) is 23.1 Å². The number of anilines is 1. The summed E-state index contributed by atoms with van der Waals surface area (Å²) in [7, 11) is 0. The zero-order chi connectivity index (χ0) is 12.8. The minimum Gasteiger partial charge on any atom is -0.478 e. The predicted octanol–water partition coefficient (Wildman–Crippen LogP) is 0.922. The van der Waals surface area contributed by atoms with E-state index < -0.39 is 11.9 Å². The monoisotopic (exact) mass is 250 g/mol. The highest BCUT2D eigenvalue weighted by Gasteiger charge is 2.14. The first-order valence-electron chi connectivity index (χ1n) is 4.61. The van der Waals surface area contributed by atoms with E-state index in [1.165, 1.54) is 0 Å². The molecule has 0 unspecified atom stereocenters. The SMILES string of the molecule is NC(=O)C=C(C(=O)O)C(=S)Nc1ccccc1. The average Bonchev–Trinajstić information content (AvgIpc) is 2.26. The Balaban J connectivity index is 2.88. The van der Waals surface area contributed by atoms with Gasteiger partial charge in [0.15, 0.2) is 0 Å². The number of carbonyl (C=O) groups is 2. The number of primary amides is 1. The van der Waals surface area contributed by atoms with Gasteiger partial charge in [0.25, 0.3) is 0 Å². The number of carboxylic acids is 1. The van der Waals surface area contributed by atoms with Crippen LogP contribution in [0.15, 0.2) is 42.0 Å². The number of carboxylic acid groups (broad SMARTS) is 1. The molecule has 1 aromatic carbocycles. The normalized spacial score (nSPS) is 10.7. The first-order chi connectivity index (χ1) is 8.00. The first kappa shape index (κ1) is 12.9. The van der Waals surface area contributed by atoms with Crippen LogP contribution in [0.5, 0.6) is 0 Å². The molecule has 17 heavy (non-hydrogen) atoms. The van der Waals surface area contributed by atoms with Crippen molar-refractivity contribution < 1.29 is 14.7 Å². The molecule has 0 radical (unpaired) electrons. The van der Waals surface area contributed by atoms with Gasteiger partial charge in [-0.25, -0.2) is 4.79 Å². The lowest BCUT2D eigenvalue weighted by Gasteiger charge is -2.07. The number of thiocarbonyl (C=S) groups is 1. The number of aliphatic carboxylic acids is 1. The van der Waals surface area contributed by atoms with E-state index in [0.717, 1.165) is 6.08 Å². The van der Waals surface area contributed by atoms with Gasteiger partial charge in [0, 0.05) is 11.8 Å². The summed E-state index contributed by atoms with van der Waals surface area (Å²) in [5.41, 5.74) is 5.19. The highest BCUT2D eigenvalue weighted by molar-refractivity contribution is 7.81. The molecule has 0 aromatic heterocycles. The van der Waals surface area contributed by atoms with Crippen molar-refractivity contribution >= 4 is 34.8 Å². The molecule has 0 atom stereocenters. The Labute approximate surface area is 103 Å². The van der Waals surface area contributed by atoms with E-state index in [0.29, 0.717) is 5.69 Å². The summed E-state index contributed by atoms with van der Waals surface area (Å²) >= 11 is 4.88. The molecule has 0 saturated carbocycles. The number of rotatable bonds is 4. The van der Waals surface area contributed by atoms with Gasteiger partial charge >= 0.3 is 5.97 Å². The molecule has 1 amide bonds. The Hall–Kier alpha value is -2.21. The summed E-state index contributed by atoms with van der Waals surface area (Å²) in [6, 6.07) is 8.78. The fourth-order valence-electron chi connectivity index (χ4n) is 1.09. The molecule has 1 rings (SSSR count). The standard InChI is InChI=1S/C11H10N2O3S/c12-9(14)6-8(11(15)16)10(17)13-7-4-2-1-3-5-7/h1-6H,(H2,12,14)(H,13,17)(H,15,16). The molecule has 0 aliphatic rings. The Bertz CT molecular complexity index is 483. The van der Waals surface area contributed by atoms with Crippen molar-refractivity contribution in [1.29, 1.82) is 0 Å². The van der Waals surface area contributed by atoms with E-state index in [-0.39, 0.29) is 10.6 Å². The number of benzene rings is 1. The van der Waals surface area contributed by atoms with Crippen LogP contribution in [0.1, 0.15) is 0 Å². The summed E-state index contributed by atoms with van der Waals surface area (Å²) in [6.45, 7) is 0. The maximum absolute atomic E-state index is 10.9. The molecular formula is C11H10N2O3S. The van der Waals surface area contributed by atoms with E-state index in [1.54, 1.807) is 24.3 Å². The van der Waals surface area contributed by atoms with Gasteiger partial charge in [-0.2, -0.15) is 0 Å². The lowest BCUT2D eigenvalue weighted by atomic mass is 10.2. The molecule has 0 aliphatic heterocycles. The van der Waals surface area contributed by atoms with Gasteiger partial charge in [0.05, 0.1) is 5.57 Å². The van der Waals surface area contributed by atoms with E-state index in [2.05, 4.69) is 5.32 Å². The van der Waals surface area contributed by atoms with E-state index in [9.17, 15) is 9.59 Å². The summed E-state index contributed by atoms with van der Waals surface area (Å²) in [5.74, 6) is -2.17. The van der Waals surface area contributed by atoms with E-state index in [1.807, 2.05) is 6.07 Å². The van der Waals surface area contributed by atoms with Crippen molar-refractivity contribution in [2.45, 2.75) is 0 Å². The van der Waals surface area contributed by atoms with Crippen LogP contribution in [0, 0.1) is 0 Å². The largest absolute Gasteiger partial charge is 0.478 e. The number of hydrogen-bond donors (Lipinski definition) is 3. The van der Waals surface area contributed by atoms with Crippen LogP contribution in [0.4, 0.5) is 5.69 Å². The third-order valence-corrected chi connectivity index (χ3v) is 2.12. The van der Waals surface area contributed by atoms with Gasteiger partial charge in [-0.3, -0.25) is 4.79 Å². The predicted molar refractivity (Wildman–Crippen MR) is 67.6 cm³/mol. The van der Waals surface area contributed by atoms with Gasteiger partial charge in [0.1, 0.15) is 4.99 Å². The maximum atomic E-state index is 10.9. The molecule has 0 spiro atoms. The minimum absolute atomic E-state index is 0.0671. The fourth-order valence-corrected chi connectivity index (χ4v) is 1.35. The zero-order valence-corrected chi connectivity index (χ0v) is 9.53. The third-order valence-electron chi connectivity index (χ3n) is 1.79. The Morgan fingerprint density at radius 2 is 1.88 bits per heavy atom. The second-order valence-electron chi connectivity index (χ2n) is 3.09. The molecule has 4 N–H and O–H groups in total. The lowest BCUT2D eigenvalue weighted by Crippen LogP contribution is -2.21. The molecule has 0 bridgehead atoms. The summed E-state index contributed by atoms with van der Waals surface area (Å²) < 4.78 is 0. The summed E-state index contributed by atoms with van der Waals surface area (Å²) in [4.78, 5) is 21.5. The minimum atomic E-state index is -1.31. The zero-order valence-electron chi connectivity index (χ0n) is 8.71. The molecule has 5 nitrogen and oxygen atoms in total. The molecule has 88 valence electrons. The van der Waals surface area contributed by atoms with Crippen LogP contribution in [0.2, 0.25) is 0 Å². The molecule has 0 fully saturated rings. The van der Waals surface area contributed by atoms with Gasteiger partial charge < -0.3 is 16.2 Å². The van der Waals surface area contributed by atoms with Gasteiger partial charge in [-0.15, -0.1) is 0 Å². The highest BCUT2D eigenvalue weighted by Crippen LogP contribution is 2.08. The van der Waals surface area contributed by atoms with Gasteiger partial charge in [-0.05, 0) is 12.1 Å². The molecule has 0 aliphatic carbocycles. The smallest absolute Gasteiger partial charge is 0.338 e.